The topological polar surface area (TPSA) is 147 Å². The van der Waals surface area contributed by atoms with Crippen molar-refractivity contribution in [2.24, 2.45) is 10.2 Å². The third-order valence-corrected chi connectivity index (χ3v) is 4.05. The lowest BCUT2D eigenvalue weighted by molar-refractivity contribution is -0.138. The van der Waals surface area contributed by atoms with Gasteiger partial charge in [-0.15, -0.1) is 0 Å². The zero-order valence-corrected chi connectivity index (χ0v) is 15.6. The van der Waals surface area contributed by atoms with Gasteiger partial charge in [0.05, 0.1) is 12.1 Å². The third-order valence-electron chi connectivity index (χ3n) is 4.05. The van der Waals surface area contributed by atoms with Crippen molar-refractivity contribution in [3.63, 3.8) is 0 Å². The van der Waals surface area contributed by atoms with E-state index in [0.29, 0.717) is 0 Å². The molecule has 146 valence electrons. The Morgan fingerprint density at radius 1 is 1.04 bits per heavy atom. The summed E-state index contributed by atoms with van der Waals surface area (Å²) >= 11 is 0. The van der Waals surface area contributed by atoms with Crippen LogP contribution >= 0.6 is 0 Å². The fourth-order valence-electron chi connectivity index (χ4n) is 2.27. The molecule has 0 spiro atoms. The van der Waals surface area contributed by atoms with Crippen LogP contribution in [-0.4, -0.2) is 33.2 Å². The van der Waals surface area contributed by atoms with Crippen molar-refractivity contribution in [3.8, 4) is 12.1 Å². The van der Waals surface area contributed by atoms with Crippen molar-refractivity contribution >= 4 is 18.0 Å². The lowest BCUT2D eigenvalue weighted by Crippen LogP contribution is -2.27. The highest BCUT2D eigenvalue weighted by atomic mass is 16.4. The van der Waals surface area contributed by atoms with E-state index < -0.39 is 23.0 Å². The second-order valence-electron chi connectivity index (χ2n) is 6.53. The number of hydrogen-bond acceptors (Lipinski definition) is 6. The number of rotatable bonds is 11. The number of nitrogens with zero attached hydrogens (tertiary/aromatic N) is 4. The number of carboxylic acid groups (broad SMARTS) is 2. The number of carbonyl (C=O) groups is 2. The molecule has 0 aliphatic heterocycles. The lowest BCUT2D eigenvalue weighted by Gasteiger charge is -2.21. The maximum Gasteiger partial charge on any atom is 0.303 e. The number of benzene rings is 1. The van der Waals surface area contributed by atoms with Gasteiger partial charge in [0.2, 0.25) is 0 Å². The minimum absolute atomic E-state index is 0.0668. The zero-order valence-electron chi connectivity index (χ0n) is 15.6. The Labute approximate surface area is 163 Å². The highest BCUT2D eigenvalue weighted by Crippen LogP contribution is 2.27. The molecule has 0 aliphatic rings. The van der Waals surface area contributed by atoms with Crippen LogP contribution in [0.5, 0.6) is 0 Å². The van der Waals surface area contributed by atoms with Gasteiger partial charge in [0.1, 0.15) is 0 Å². The van der Waals surface area contributed by atoms with Crippen molar-refractivity contribution in [2.75, 3.05) is 0 Å². The molecule has 1 aromatic carbocycles. The van der Waals surface area contributed by atoms with Crippen LogP contribution in [0.25, 0.3) is 6.08 Å². The van der Waals surface area contributed by atoms with Crippen LogP contribution in [0.2, 0.25) is 0 Å². The fourth-order valence-corrected chi connectivity index (χ4v) is 2.27. The highest BCUT2D eigenvalue weighted by Gasteiger charge is 2.32. The molecule has 2 unspecified atom stereocenters. The van der Waals surface area contributed by atoms with Crippen LogP contribution < -0.4 is 0 Å². The first-order valence-corrected chi connectivity index (χ1v) is 8.66. The quantitative estimate of drug-likeness (QED) is 0.556. The Hall–Kier alpha value is -3.52. The molecule has 0 aliphatic carbocycles. The minimum Gasteiger partial charge on any atom is -0.481 e. The molecular formula is C20H22N4O4. The van der Waals surface area contributed by atoms with Crippen LogP contribution in [0.1, 0.15) is 44.6 Å². The van der Waals surface area contributed by atoms with Gasteiger partial charge in [0, 0.05) is 19.3 Å². The van der Waals surface area contributed by atoms with Crippen LogP contribution in [0.3, 0.4) is 0 Å². The average molecular weight is 382 g/mol. The Morgan fingerprint density at radius 2 is 1.64 bits per heavy atom. The first kappa shape index (κ1) is 22.5. The van der Waals surface area contributed by atoms with Gasteiger partial charge in [-0.1, -0.05) is 42.5 Å². The molecular weight excluding hydrogens is 360 g/mol. The van der Waals surface area contributed by atoms with Gasteiger partial charge >= 0.3 is 11.9 Å². The van der Waals surface area contributed by atoms with Crippen molar-refractivity contribution in [2.45, 2.75) is 50.1 Å². The predicted octanol–water partition coefficient (Wildman–Crippen LogP) is 3.82. The second-order valence-corrected chi connectivity index (χ2v) is 6.53. The average Bonchev–Trinajstić information content (AvgIpc) is 2.69. The van der Waals surface area contributed by atoms with Gasteiger partial charge in [-0.25, -0.2) is 0 Å². The number of carboxylic acids is 2. The summed E-state index contributed by atoms with van der Waals surface area (Å²) in [6, 6.07) is 13.3. The highest BCUT2D eigenvalue weighted by molar-refractivity contribution is 5.67. The summed E-state index contributed by atoms with van der Waals surface area (Å²) in [5.74, 6) is -2.14. The predicted molar refractivity (Wildman–Crippen MR) is 101 cm³/mol. The van der Waals surface area contributed by atoms with E-state index in [4.69, 9.17) is 10.2 Å². The molecule has 1 aromatic rings. The molecule has 0 fully saturated rings. The zero-order chi connectivity index (χ0) is 21.0. The van der Waals surface area contributed by atoms with Gasteiger partial charge in [0.15, 0.2) is 11.1 Å². The Morgan fingerprint density at radius 3 is 2.18 bits per heavy atom. The first-order chi connectivity index (χ1) is 13.2. The summed E-state index contributed by atoms with van der Waals surface area (Å²) in [6.07, 6.45) is 2.90. The summed E-state index contributed by atoms with van der Waals surface area (Å²) in [5.41, 5.74) is -1.95. The number of hydrogen-bond donors (Lipinski definition) is 2. The number of azo groups is 1. The van der Waals surface area contributed by atoms with E-state index in [9.17, 15) is 20.1 Å². The van der Waals surface area contributed by atoms with E-state index >= 15 is 0 Å². The molecule has 0 aromatic heterocycles. The van der Waals surface area contributed by atoms with Gasteiger partial charge in [-0.3, -0.25) is 9.59 Å². The van der Waals surface area contributed by atoms with Crippen LogP contribution in [0.4, 0.5) is 0 Å². The van der Waals surface area contributed by atoms with Crippen LogP contribution in [0, 0.1) is 22.7 Å². The van der Waals surface area contributed by atoms with E-state index in [1.807, 2.05) is 42.5 Å². The van der Waals surface area contributed by atoms with E-state index in [-0.39, 0.29) is 32.1 Å². The monoisotopic (exact) mass is 382 g/mol. The minimum atomic E-state index is -1.45. The SMILES string of the molecule is CC(C#N)(CCC(=O)O)N=NC(C#N)(CC=Cc1ccccc1)CCC(=O)O. The summed E-state index contributed by atoms with van der Waals surface area (Å²) in [6.45, 7) is 1.43. The number of nitriles is 2. The summed E-state index contributed by atoms with van der Waals surface area (Å²) in [7, 11) is 0. The van der Waals surface area contributed by atoms with Gasteiger partial charge in [-0.2, -0.15) is 20.8 Å². The largest absolute Gasteiger partial charge is 0.481 e. The lowest BCUT2D eigenvalue weighted by atomic mass is 9.91. The normalized spacial score (nSPS) is 15.4. The van der Waals surface area contributed by atoms with E-state index in [1.165, 1.54) is 6.92 Å². The summed E-state index contributed by atoms with van der Waals surface area (Å²) < 4.78 is 0. The molecule has 0 amide bonds. The molecule has 0 saturated heterocycles. The smallest absolute Gasteiger partial charge is 0.303 e. The summed E-state index contributed by atoms with van der Waals surface area (Å²) in [5, 5.41) is 44.8. The molecule has 0 radical (unpaired) electrons. The van der Waals surface area contributed by atoms with Crippen LogP contribution in [-0.2, 0) is 9.59 Å². The molecule has 2 N–H and O–H groups in total. The van der Waals surface area contributed by atoms with Crippen molar-refractivity contribution < 1.29 is 19.8 Å². The molecule has 0 saturated carbocycles. The second kappa shape index (κ2) is 10.6. The Bertz CT molecular complexity index is 823. The summed E-state index contributed by atoms with van der Waals surface area (Å²) in [4.78, 5) is 21.7. The van der Waals surface area contributed by atoms with Gasteiger partial charge < -0.3 is 10.2 Å². The standard InChI is InChI=1S/C20H22N4O4/c1-19(14-21,12-9-17(25)26)23-24-20(15-22,13-10-18(27)28)11-5-8-16-6-3-2-4-7-16/h2-8H,9-13H2,1H3,(H,25,26)(H,27,28). The van der Waals surface area contributed by atoms with Crippen molar-refractivity contribution in [1.29, 1.82) is 10.5 Å². The molecule has 0 heterocycles. The van der Waals surface area contributed by atoms with Gasteiger partial charge in [-0.05, 0) is 25.3 Å². The Kier molecular flexibility index (Phi) is 8.51. The number of aliphatic carboxylic acids is 2. The maximum atomic E-state index is 11.0. The fraction of sp³-hybridized carbons (Fsp3) is 0.400. The molecule has 1 rings (SSSR count). The molecule has 2 atom stereocenters. The van der Waals surface area contributed by atoms with Crippen molar-refractivity contribution in [3.05, 3.63) is 42.0 Å². The third kappa shape index (κ3) is 7.79. The van der Waals surface area contributed by atoms with Crippen LogP contribution in [0.15, 0.2) is 46.6 Å². The van der Waals surface area contributed by atoms with E-state index in [1.54, 1.807) is 12.2 Å². The van der Waals surface area contributed by atoms with E-state index in [0.717, 1.165) is 5.56 Å². The Balaban J connectivity index is 3.06. The van der Waals surface area contributed by atoms with Crippen molar-refractivity contribution in [1.82, 2.24) is 0 Å². The molecule has 28 heavy (non-hydrogen) atoms. The first-order valence-electron chi connectivity index (χ1n) is 8.66. The van der Waals surface area contributed by atoms with Gasteiger partial charge in [0.25, 0.3) is 0 Å². The van der Waals surface area contributed by atoms with E-state index in [2.05, 4.69) is 10.2 Å². The molecule has 8 nitrogen and oxygen atoms in total. The molecule has 0 bridgehead atoms. The maximum absolute atomic E-state index is 11.0. The molecule has 8 heteroatoms.